The van der Waals surface area contributed by atoms with Crippen LogP contribution in [0.1, 0.15) is 31.7 Å². The minimum Gasteiger partial charge on any atom is -0.483 e. The average molecular weight is 422 g/mol. The largest absolute Gasteiger partial charge is 0.483 e. The molecule has 0 radical (unpaired) electrons. The van der Waals surface area contributed by atoms with Gasteiger partial charge >= 0.3 is 0 Å². The third-order valence-corrected chi connectivity index (χ3v) is 6.54. The number of ether oxygens (including phenoxy) is 2. The quantitative estimate of drug-likeness (QED) is 0.780. The number of hydrogen-bond donors (Lipinski definition) is 2. The fourth-order valence-electron chi connectivity index (χ4n) is 4.70. The number of benzene rings is 1. The molecule has 0 aliphatic carbocycles. The minimum absolute atomic E-state index is 0.0329. The highest BCUT2D eigenvalue weighted by Crippen LogP contribution is 2.35. The van der Waals surface area contributed by atoms with Crippen molar-refractivity contribution in [2.45, 2.75) is 44.8 Å². The lowest BCUT2D eigenvalue weighted by molar-refractivity contribution is 0.0118. The van der Waals surface area contributed by atoms with Crippen LogP contribution in [-0.2, 0) is 11.2 Å². The Morgan fingerprint density at radius 1 is 1.23 bits per heavy atom. The summed E-state index contributed by atoms with van der Waals surface area (Å²) in [6.07, 6.45) is 11.8. The van der Waals surface area contributed by atoms with E-state index < -0.39 is 6.10 Å². The topological polar surface area (TPSA) is 66.3 Å². The van der Waals surface area contributed by atoms with Crippen molar-refractivity contribution in [1.29, 1.82) is 0 Å². The van der Waals surface area contributed by atoms with Crippen molar-refractivity contribution in [2.24, 2.45) is 16.8 Å². The third-order valence-electron chi connectivity index (χ3n) is 6.54. The van der Waals surface area contributed by atoms with Gasteiger partial charge in [-0.1, -0.05) is 37.3 Å². The zero-order valence-electron chi connectivity index (χ0n) is 18.0. The lowest BCUT2D eigenvalue weighted by atomic mass is 9.94. The van der Waals surface area contributed by atoms with Crippen LogP contribution in [0, 0.1) is 11.8 Å². The second kappa shape index (κ2) is 8.89. The Morgan fingerprint density at radius 3 is 2.90 bits per heavy atom. The Labute approximate surface area is 183 Å². The van der Waals surface area contributed by atoms with Gasteiger partial charge in [0.05, 0.1) is 24.0 Å². The molecule has 4 aliphatic heterocycles. The molecule has 31 heavy (non-hydrogen) atoms. The molecule has 1 fully saturated rings. The molecule has 3 atom stereocenters. The molecule has 1 saturated heterocycles. The van der Waals surface area contributed by atoms with E-state index in [1.165, 1.54) is 5.56 Å². The molecule has 6 nitrogen and oxygen atoms in total. The predicted molar refractivity (Wildman–Crippen MR) is 120 cm³/mol. The highest BCUT2D eigenvalue weighted by Gasteiger charge is 2.33. The molecule has 0 bridgehead atoms. The highest BCUT2D eigenvalue weighted by atomic mass is 16.5. The summed E-state index contributed by atoms with van der Waals surface area (Å²) in [5.41, 5.74) is 6.95. The standard InChI is InChI=1S/C25H31N3O3/c1-17-6-7-20-8-9-25(26-16-22(29)18-10-12-30-13-11-18)27-28(20)21(14-17)24-15-19-4-2-3-5-23(19)31-24/h2-5,7-9,14,17-18,22,24,29H,6,10-13,15-16H2,1H3,(H,26,27). The smallest absolute Gasteiger partial charge is 0.144 e. The molecule has 6 heteroatoms. The monoisotopic (exact) mass is 421 g/mol. The van der Waals surface area contributed by atoms with Crippen molar-refractivity contribution in [3.05, 3.63) is 65.5 Å². The summed E-state index contributed by atoms with van der Waals surface area (Å²) in [7, 11) is 0. The van der Waals surface area contributed by atoms with Gasteiger partial charge in [-0.15, -0.1) is 0 Å². The van der Waals surface area contributed by atoms with E-state index >= 15 is 0 Å². The number of nitrogens with zero attached hydrogens (tertiary/aromatic N) is 2. The molecule has 2 N–H and O–H groups in total. The number of nitrogens with one attached hydrogen (secondary N) is 1. The van der Waals surface area contributed by atoms with Crippen molar-refractivity contribution < 1.29 is 14.6 Å². The van der Waals surface area contributed by atoms with Crippen LogP contribution in [0.2, 0.25) is 0 Å². The van der Waals surface area contributed by atoms with Gasteiger partial charge in [0.1, 0.15) is 17.7 Å². The van der Waals surface area contributed by atoms with Crippen LogP contribution in [0.3, 0.4) is 0 Å². The van der Waals surface area contributed by atoms with E-state index in [9.17, 15) is 5.11 Å². The van der Waals surface area contributed by atoms with Gasteiger partial charge in [-0.05, 0) is 54.9 Å². The van der Waals surface area contributed by atoms with Crippen LogP contribution in [0.5, 0.6) is 5.75 Å². The first kappa shape index (κ1) is 20.3. The summed E-state index contributed by atoms with van der Waals surface area (Å²) in [5.74, 6) is 2.42. The van der Waals surface area contributed by atoms with Crippen molar-refractivity contribution >= 4 is 5.84 Å². The van der Waals surface area contributed by atoms with Crippen LogP contribution in [0.25, 0.3) is 0 Å². The summed E-state index contributed by atoms with van der Waals surface area (Å²) < 4.78 is 11.7. The number of hydrogen-bond acceptors (Lipinski definition) is 5. The number of hydrazine groups is 1. The van der Waals surface area contributed by atoms with E-state index in [4.69, 9.17) is 14.5 Å². The van der Waals surface area contributed by atoms with Crippen molar-refractivity contribution in [2.75, 3.05) is 19.8 Å². The molecule has 1 aromatic carbocycles. The summed E-state index contributed by atoms with van der Waals surface area (Å²) in [6.45, 7) is 4.09. The van der Waals surface area contributed by atoms with E-state index in [2.05, 4.69) is 47.7 Å². The summed E-state index contributed by atoms with van der Waals surface area (Å²) >= 11 is 0. The van der Waals surface area contributed by atoms with Crippen LogP contribution in [0.4, 0.5) is 0 Å². The van der Waals surface area contributed by atoms with E-state index in [1.54, 1.807) is 0 Å². The molecule has 5 rings (SSSR count). The van der Waals surface area contributed by atoms with E-state index in [0.29, 0.717) is 12.5 Å². The molecular weight excluding hydrogens is 390 g/mol. The Kier molecular flexibility index (Phi) is 5.83. The SMILES string of the molecule is CC1C=C(C2Cc3ccccc3O2)N2NC(=NCC(O)C3CCOCC3)C=CC2=CC1. The number of rotatable bonds is 4. The van der Waals surface area contributed by atoms with E-state index in [0.717, 1.165) is 61.9 Å². The predicted octanol–water partition coefficient (Wildman–Crippen LogP) is 3.36. The number of allylic oxidation sites excluding steroid dienone is 3. The zero-order valence-corrected chi connectivity index (χ0v) is 18.0. The Balaban J connectivity index is 1.33. The number of para-hydroxylation sites is 1. The van der Waals surface area contributed by atoms with Crippen LogP contribution in [0.15, 0.2) is 65.0 Å². The van der Waals surface area contributed by atoms with Crippen molar-refractivity contribution in [3.8, 4) is 5.75 Å². The second-order valence-electron chi connectivity index (χ2n) is 8.88. The van der Waals surface area contributed by atoms with Gasteiger partial charge < -0.3 is 14.6 Å². The zero-order chi connectivity index (χ0) is 21.2. The average Bonchev–Trinajstić information content (AvgIpc) is 3.17. The van der Waals surface area contributed by atoms with Gasteiger partial charge in [-0.3, -0.25) is 15.4 Å². The summed E-state index contributed by atoms with van der Waals surface area (Å²) in [5, 5.41) is 12.7. The van der Waals surface area contributed by atoms with Crippen LogP contribution in [-0.4, -0.2) is 47.9 Å². The Bertz CT molecular complexity index is 905. The Hall–Kier alpha value is -2.57. The third kappa shape index (κ3) is 4.41. The molecule has 0 saturated carbocycles. The number of aliphatic imine (C=N–C) groups is 1. The molecule has 164 valence electrons. The number of amidine groups is 1. The van der Waals surface area contributed by atoms with Gasteiger partial charge in [0, 0.05) is 19.6 Å². The highest BCUT2D eigenvalue weighted by molar-refractivity contribution is 5.94. The number of fused-ring (bicyclic) bond motifs is 2. The van der Waals surface area contributed by atoms with Crippen LogP contribution < -0.4 is 10.2 Å². The maximum atomic E-state index is 10.6. The van der Waals surface area contributed by atoms with Gasteiger partial charge in [0.25, 0.3) is 0 Å². The maximum absolute atomic E-state index is 10.6. The first-order valence-electron chi connectivity index (χ1n) is 11.4. The number of aliphatic hydroxyl groups is 1. The van der Waals surface area contributed by atoms with Crippen LogP contribution >= 0.6 is 0 Å². The number of aliphatic hydroxyl groups excluding tert-OH is 1. The maximum Gasteiger partial charge on any atom is 0.144 e. The van der Waals surface area contributed by atoms with Gasteiger partial charge in [-0.25, -0.2) is 0 Å². The van der Waals surface area contributed by atoms with E-state index in [1.807, 2.05) is 18.2 Å². The molecule has 3 unspecified atom stereocenters. The van der Waals surface area contributed by atoms with Crippen molar-refractivity contribution in [3.63, 3.8) is 0 Å². The second-order valence-corrected chi connectivity index (χ2v) is 8.88. The lowest BCUT2D eigenvalue weighted by Gasteiger charge is -2.34. The summed E-state index contributed by atoms with van der Waals surface area (Å²) in [6, 6.07) is 8.27. The molecule has 1 aromatic rings. The fraction of sp³-hybridized carbons (Fsp3) is 0.480. The first-order chi connectivity index (χ1) is 15.2. The van der Waals surface area contributed by atoms with Crippen molar-refractivity contribution in [1.82, 2.24) is 10.4 Å². The molecule has 4 heterocycles. The molecule has 4 aliphatic rings. The lowest BCUT2D eigenvalue weighted by Crippen LogP contribution is -2.46. The van der Waals surface area contributed by atoms with E-state index in [-0.39, 0.29) is 12.0 Å². The molecular formula is C25H31N3O3. The van der Waals surface area contributed by atoms with Gasteiger partial charge in [0.15, 0.2) is 0 Å². The Morgan fingerprint density at radius 2 is 2.06 bits per heavy atom. The summed E-state index contributed by atoms with van der Waals surface area (Å²) in [4.78, 5) is 4.69. The molecule has 0 aromatic heterocycles. The van der Waals surface area contributed by atoms with Gasteiger partial charge in [0.2, 0.25) is 0 Å². The minimum atomic E-state index is -0.435. The fourth-order valence-corrected chi connectivity index (χ4v) is 4.70. The normalized spacial score (nSPS) is 28.1. The molecule has 0 amide bonds. The van der Waals surface area contributed by atoms with Gasteiger partial charge in [-0.2, -0.15) is 0 Å². The first-order valence-corrected chi connectivity index (χ1v) is 11.4. The molecule has 0 spiro atoms.